The van der Waals surface area contributed by atoms with Crippen LogP contribution in [0, 0.1) is 7.43 Å². The van der Waals surface area contributed by atoms with E-state index < -0.39 is 0 Å². The average molecular weight is 186 g/mol. The van der Waals surface area contributed by atoms with Crippen molar-refractivity contribution in [3.63, 3.8) is 0 Å². The summed E-state index contributed by atoms with van der Waals surface area (Å²) in [5.41, 5.74) is 0. The average Bonchev–Trinajstić information content (AvgIpc) is 2.89. The highest BCUT2D eigenvalue weighted by Gasteiger charge is 2.23. The summed E-state index contributed by atoms with van der Waals surface area (Å²) in [5, 5.41) is 0. The van der Waals surface area contributed by atoms with E-state index in [1.54, 1.807) is 0 Å². The van der Waals surface area contributed by atoms with Crippen molar-refractivity contribution in [2.24, 2.45) is 0 Å². The van der Waals surface area contributed by atoms with Crippen LogP contribution >= 0.6 is 0 Å². The fourth-order valence-electron chi connectivity index (χ4n) is 0.876. The smallest absolute Gasteiger partial charge is 0.104 e. The van der Waals surface area contributed by atoms with Crippen LogP contribution in [0.25, 0.3) is 0 Å². The quantitative estimate of drug-likeness (QED) is 0.411. The molecule has 0 aromatic carbocycles. The van der Waals surface area contributed by atoms with E-state index in [0.29, 0.717) is 38.6 Å². The zero-order valence-electron chi connectivity index (χ0n) is 7.53. The fraction of sp³-hybridized carbons (Fsp3) is 0.889. The normalized spacial score (nSPS) is 29.5. The summed E-state index contributed by atoms with van der Waals surface area (Å²) in [6.45, 7) is 4.46. The van der Waals surface area contributed by atoms with Gasteiger partial charge in [-0.1, -0.05) is 0 Å². The molecule has 2 fully saturated rings. The van der Waals surface area contributed by atoms with Gasteiger partial charge in [-0.15, -0.1) is 0 Å². The van der Waals surface area contributed by atoms with Crippen molar-refractivity contribution >= 4 is 0 Å². The van der Waals surface area contributed by atoms with Gasteiger partial charge in [0.05, 0.1) is 39.6 Å². The third-order valence-corrected chi connectivity index (χ3v) is 1.78. The fourth-order valence-corrected chi connectivity index (χ4v) is 0.876. The second kappa shape index (κ2) is 5.54. The maximum Gasteiger partial charge on any atom is 0.104 e. The maximum absolute atomic E-state index is 5.27. The first-order valence-corrected chi connectivity index (χ1v) is 4.34. The predicted octanol–water partition coefficient (Wildman–Crippen LogP) is -0.102. The van der Waals surface area contributed by atoms with E-state index >= 15 is 0 Å². The summed E-state index contributed by atoms with van der Waals surface area (Å²) in [5.74, 6) is 0. The van der Waals surface area contributed by atoms with Crippen LogP contribution in [-0.4, -0.2) is 51.8 Å². The van der Waals surface area contributed by atoms with Crippen LogP contribution in [0.3, 0.4) is 0 Å². The van der Waals surface area contributed by atoms with E-state index in [1.807, 2.05) is 0 Å². The summed E-state index contributed by atoms with van der Waals surface area (Å²) in [6, 6.07) is 0. The van der Waals surface area contributed by atoms with Gasteiger partial charge in [-0.25, -0.2) is 0 Å². The van der Waals surface area contributed by atoms with Gasteiger partial charge in [0.2, 0.25) is 0 Å². The molecular weight excluding hydrogens is 172 g/mol. The van der Waals surface area contributed by atoms with Gasteiger partial charge in [-0.05, 0) is 0 Å². The maximum atomic E-state index is 5.27. The molecule has 0 spiro atoms. The summed E-state index contributed by atoms with van der Waals surface area (Å²) in [4.78, 5) is 0. The number of epoxide rings is 2. The van der Waals surface area contributed by atoms with Gasteiger partial charge in [0.25, 0.3) is 0 Å². The van der Waals surface area contributed by atoms with Crippen LogP contribution in [0.1, 0.15) is 0 Å². The second-order valence-corrected chi connectivity index (χ2v) is 3.06. The Balaban J connectivity index is 0.000000845. The SMILES string of the molecule is C(COCC1CO1)OCC1CO1.[C]. The molecule has 0 N–H and O–H groups in total. The minimum Gasteiger partial charge on any atom is -0.376 e. The second-order valence-electron chi connectivity index (χ2n) is 3.06. The van der Waals surface area contributed by atoms with Crippen molar-refractivity contribution < 1.29 is 18.9 Å². The van der Waals surface area contributed by atoms with Gasteiger partial charge in [-0.3, -0.25) is 0 Å². The number of hydrogen-bond donors (Lipinski definition) is 0. The molecule has 2 unspecified atom stereocenters. The van der Waals surface area contributed by atoms with Crippen molar-refractivity contribution in [3.05, 3.63) is 7.43 Å². The third-order valence-electron chi connectivity index (χ3n) is 1.78. The molecule has 0 aromatic rings. The van der Waals surface area contributed by atoms with E-state index in [1.165, 1.54) is 0 Å². The van der Waals surface area contributed by atoms with Crippen molar-refractivity contribution in [3.8, 4) is 0 Å². The molecule has 74 valence electrons. The van der Waals surface area contributed by atoms with Crippen molar-refractivity contribution in [1.82, 2.24) is 0 Å². The zero-order chi connectivity index (χ0) is 8.23. The highest BCUT2D eigenvalue weighted by atomic mass is 16.6. The molecule has 0 aliphatic carbocycles. The summed E-state index contributed by atoms with van der Waals surface area (Å²) in [7, 11) is 0. The Morgan fingerprint density at radius 1 is 0.923 bits per heavy atom. The highest BCUT2D eigenvalue weighted by Crippen LogP contribution is 2.09. The van der Waals surface area contributed by atoms with Crippen molar-refractivity contribution in [1.29, 1.82) is 0 Å². The van der Waals surface area contributed by atoms with E-state index in [-0.39, 0.29) is 7.43 Å². The van der Waals surface area contributed by atoms with Crippen molar-refractivity contribution in [2.75, 3.05) is 39.6 Å². The first-order chi connectivity index (χ1) is 5.95. The minimum absolute atomic E-state index is 0. The minimum atomic E-state index is 0. The molecule has 13 heavy (non-hydrogen) atoms. The van der Waals surface area contributed by atoms with E-state index in [9.17, 15) is 0 Å². The monoisotopic (exact) mass is 186 g/mol. The molecule has 2 saturated heterocycles. The van der Waals surface area contributed by atoms with Crippen LogP contribution in [-0.2, 0) is 18.9 Å². The largest absolute Gasteiger partial charge is 0.376 e. The summed E-state index contributed by atoms with van der Waals surface area (Å²) < 4.78 is 20.5. The lowest BCUT2D eigenvalue weighted by Crippen LogP contribution is -2.10. The van der Waals surface area contributed by atoms with E-state index in [0.717, 1.165) is 13.2 Å². The Bertz CT molecular complexity index is 116. The molecule has 4 radical (unpaired) electrons. The number of hydrogen-bond acceptors (Lipinski definition) is 4. The predicted molar refractivity (Wildman–Crippen MR) is 44.4 cm³/mol. The van der Waals surface area contributed by atoms with Crippen LogP contribution in [0.15, 0.2) is 0 Å². The van der Waals surface area contributed by atoms with Gasteiger partial charge in [-0.2, -0.15) is 0 Å². The molecule has 0 amide bonds. The van der Waals surface area contributed by atoms with Crippen LogP contribution in [0.4, 0.5) is 0 Å². The molecule has 2 rings (SSSR count). The van der Waals surface area contributed by atoms with Crippen molar-refractivity contribution in [2.45, 2.75) is 12.2 Å². The van der Waals surface area contributed by atoms with Crippen LogP contribution in [0.5, 0.6) is 0 Å². The Morgan fingerprint density at radius 2 is 1.31 bits per heavy atom. The van der Waals surface area contributed by atoms with E-state index in [4.69, 9.17) is 18.9 Å². The Kier molecular flexibility index (Phi) is 4.66. The molecule has 2 aliphatic rings. The molecule has 0 bridgehead atoms. The van der Waals surface area contributed by atoms with Gasteiger partial charge in [0.15, 0.2) is 0 Å². The van der Waals surface area contributed by atoms with Gasteiger partial charge < -0.3 is 18.9 Å². The standard InChI is InChI=1S/C8H14O4.C/c1(9-3-7-5-11-7)2-10-4-8-6-12-8;/h7-8H,1-6H2;. The molecule has 2 aliphatic heterocycles. The van der Waals surface area contributed by atoms with Gasteiger partial charge in [0, 0.05) is 7.43 Å². The molecule has 2 atom stereocenters. The summed E-state index contributed by atoms with van der Waals surface area (Å²) >= 11 is 0. The first kappa shape index (κ1) is 10.9. The van der Waals surface area contributed by atoms with Crippen LogP contribution in [0.2, 0.25) is 0 Å². The lowest BCUT2D eigenvalue weighted by molar-refractivity contribution is 0.0366. The zero-order valence-corrected chi connectivity index (χ0v) is 7.53. The molecule has 2 heterocycles. The first-order valence-electron chi connectivity index (χ1n) is 4.34. The lowest BCUT2D eigenvalue weighted by atomic mass is 10.5. The lowest BCUT2D eigenvalue weighted by Gasteiger charge is -2.02. The van der Waals surface area contributed by atoms with E-state index in [2.05, 4.69) is 0 Å². The van der Waals surface area contributed by atoms with Gasteiger partial charge >= 0.3 is 0 Å². The molecule has 0 aromatic heterocycles. The Hall–Kier alpha value is -0.160. The summed E-state index contributed by atoms with van der Waals surface area (Å²) in [6.07, 6.45) is 0.716. The molecular formula is C9H14O4. The number of ether oxygens (including phenoxy) is 4. The van der Waals surface area contributed by atoms with Gasteiger partial charge in [0.1, 0.15) is 12.2 Å². The Morgan fingerprint density at radius 3 is 1.62 bits per heavy atom. The van der Waals surface area contributed by atoms with Crippen LogP contribution < -0.4 is 0 Å². The molecule has 4 nitrogen and oxygen atoms in total. The third kappa shape index (κ3) is 5.21. The number of rotatable bonds is 7. The molecule has 4 heteroatoms. The molecule has 0 saturated carbocycles. The topological polar surface area (TPSA) is 43.5 Å². The Labute approximate surface area is 79.1 Å². The highest BCUT2D eigenvalue weighted by molar-refractivity contribution is 4.68.